The Morgan fingerprint density at radius 2 is 1.48 bits per heavy atom. The number of benzene rings is 2. The van der Waals surface area contributed by atoms with Gasteiger partial charge >= 0.3 is 0 Å². The molecule has 27 heavy (non-hydrogen) atoms. The van der Waals surface area contributed by atoms with Crippen molar-refractivity contribution < 1.29 is 17.2 Å². The lowest BCUT2D eigenvalue weighted by atomic mass is 9.92. The molecule has 1 aliphatic heterocycles. The topological polar surface area (TPSA) is 40.6 Å². The van der Waals surface area contributed by atoms with Crippen LogP contribution in [0.15, 0.2) is 41.3 Å². The Kier molecular flexibility index (Phi) is 4.90. The smallest absolute Gasteiger partial charge is 0.243 e. The summed E-state index contributed by atoms with van der Waals surface area (Å²) in [5.41, 5.74) is 2.96. The van der Waals surface area contributed by atoms with Crippen molar-refractivity contribution in [2.24, 2.45) is 0 Å². The van der Waals surface area contributed by atoms with Crippen LogP contribution in [-0.2, 0) is 22.9 Å². The first kappa shape index (κ1) is 18.4. The normalized spacial score (nSPS) is 18.4. The summed E-state index contributed by atoms with van der Waals surface area (Å²) in [5.74, 6) is -1.77. The Morgan fingerprint density at radius 1 is 0.778 bits per heavy atom. The third-order valence-corrected chi connectivity index (χ3v) is 7.36. The van der Waals surface area contributed by atoms with Crippen LogP contribution in [0, 0.1) is 11.6 Å². The largest absolute Gasteiger partial charge is 0.369 e. The van der Waals surface area contributed by atoms with Gasteiger partial charge in [0, 0.05) is 37.9 Å². The second-order valence-corrected chi connectivity index (χ2v) is 9.07. The van der Waals surface area contributed by atoms with Crippen molar-refractivity contribution in [1.82, 2.24) is 4.31 Å². The van der Waals surface area contributed by atoms with E-state index in [1.54, 1.807) is 6.07 Å². The fraction of sp³-hybridized carbons (Fsp3) is 0.400. The lowest BCUT2D eigenvalue weighted by Crippen LogP contribution is -2.48. The van der Waals surface area contributed by atoms with Gasteiger partial charge in [0.05, 0.1) is 4.90 Å². The van der Waals surface area contributed by atoms with E-state index in [-0.39, 0.29) is 0 Å². The highest BCUT2D eigenvalue weighted by molar-refractivity contribution is 7.89. The summed E-state index contributed by atoms with van der Waals surface area (Å²) in [6.07, 6.45) is 4.21. The highest BCUT2D eigenvalue weighted by atomic mass is 32.2. The molecule has 0 unspecified atom stereocenters. The van der Waals surface area contributed by atoms with Gasteiger partial charge in [-0.25, -0.2) is 17.2 Å². The zero-order chi connectivity index (χ0) is 19.0. The molecular formula is C20H22F2N2O2S. The summed E-state index contributed by atoms with van der Waals surface area (Å²) in [6, 6.07) is 9.25. The van der Waals surface area contributed by atoms with Crippen LogP contribution >= 0.6 is 0 Å². The molecule has 144 valence electrons. The lowest BCUT2D eigenvalue weighted by Gasteiger charge is -2.35. The molecule has 0 amide bonds. The predicted octanol–water partition coefficient (Wildman–Crippen LogP) is 3.35. The summed E-state index contributed by atoms with van der Waals surface area (Å²) in [7, 11) is -3.54. The number of hydrogen-bond acceptors (Lipinski definition) is 3. The van der Waals surface area contributed by atoms with E-state index in [1.165, 1.54) is 15.9 Å². The standard InChI is InChI=1S/C20H22F2N2O2S/c21-19-8-6-17(14-20(19)22)23-9-11-24(12-10-23)27(25,26)18-7-5-15-3-1-2-4-16(15)13-18/h5-8,13-14H,1-4,9-12H2. The first-order valence-corrected chi connectivity index (χ1v) is 10.7. The third kappa shape index (κ3) is 3.58. The summed E-state index contributed by atoms with van der Waals surface area (Å²) in [6.45, 7) is 1.52. The predicted molar refractivity (Wildman–Crippen MR) is 100 cm³/mol. The Morgan fingerprint density at radius 3 is 2.19 bits per heavy atom. The summed E-state index contributed by atoms with van der Waals surface area (Å²) in [5, 5.41) is 0. The van der Waals surface area contributed by atoms with Crippen LogP contribution in [0.2, 0.25) is 0 Å². The summed E-state index contributed by atoms with van der Waals surface area (Å²) < 4.78 is 54.1. The number of hydrogen-bond donors (Lipinski definition) is 0. The molecule has 0 radical (unpaired) electrons. The monoisotopic (exact) mass is 392 g/mol. The fourth-order valence-corrected chi connectivity index (χ4v) is 5.36. The van der Waals surface area contributed by atoms with Crippen molar-refractivity contribution in [3.63, 3.8) is 0 Å². The maximum absolute atomic E-state index is 13.5. The van der Waals surface area contributed by atoms with Crippen molar-refractivity contribution in [2.75, 3.05) is 31.1 Å². The highest BCUT2D eigenvalue weighted by Crippen LogP contribution is 2.27. The van der Waals surface area contributed by atoms with Crippen LogP contribution in [0.3, 0.4) is 0 Å². The first-order chi connectivity index (χ1) is 12.9. The molecule has 2 aromatic rings. The van der Waals surface area contributed by atoms with E-state index in [2.05, 4.69) is 0 Å². The maximum Gasteiger partial charge on any atom is 0.243 e. The molecule has 2 aromatic carbocycles. The van der Waals surface area contributed by atoms with Crippen molar-refractivity contribution in [3.8, 4) is 0 Å². The zero-order valence-corrected chi connectivity index (χ0v) is 15.8. The summed E-state index contributed by atoms with van der Waals surface area (Å²) >= 11 is 0. The van der Waals surface area contributed by atoms with Crippen LogP contribution in [0.1, 0.15) is 24.0 Å². The molecule has 0 bridgehead atoms. The molecule has 1 aliphatic carbocycles. The van der Waals surface area contributed by atoms with E-state index in [9.17, 15) is 17.2 Å². The third-order valence-electron chi connectivity index (χ3n) is 5.46. The van der Waals surface area contributed by atoms with Gasteiger partial charge in [-0.15, -0.1) is 0 Å². The van der Waals surface area contributed by atoms with Crippen LogP contribution in [0.5, 0.6) is 0 Å². The van der Waals surface area contributed by atoms with E-state index in [0.29, 0.717) is 36.8 Å². The molecule has 0 N–H and O–H groups in total. The van der Waals surface area contributed by atoms with E-state index >= 15 is 0 Å². The minimum Gasteiger partial charge on any atom is -0.369 e. The lowest BCUT2D eigenvalue weighted by molar-refractivity contribution is 0.384. The van der Waals surface area contributed by atoms with Crippen molar-refractivity contribution in [3.05, 3.63) is 59.2 Å². The first-order valence-electron chi connectivity index (χ1n) is 9.27. The van der Waals surface area contributed by atoms with Gasteiger partial charge in [-0.1, -0.05) is 6.07 Å². The Labute approximate surface area is 158 Å². The minimum absolute atomic E-state index is 0.318. The molecular weight excluding hydrogens is 370 g/mol. The second-order valence-electron chi connectivity index (χ2n) is 7.13. The highest BCUT2D eigenvalue weighted by Gasteiger charge is 2.29. The Hall–Kier alpha value is -1.99. The van der Waals surface area contributed by atoms with E-state index in [1.807, 2.05) is 17.0 Å². The number of nitrogens with zero attached hydrogens (tertiary/aromatic N) is 2. The Bertz CT molecular complexity index is 954. The molecule has 0 saturated carbocycles. The van der Waals surface area contributed by atoms with Gasteiger partial charge in [-0.3, -0.25) is 0 Å². The molecule has 1 fully saturated rings. The molecule has 7 heteroatoms. The van der Waals surface area contributed by atoms with E-state index in [0.717, 1.165) is 43.4 Å². The van der Waals surface area contributed by atoms with Gasteiger partial charge < -0.3 is 4.90 Å². The quantitative estimate of drug-likeness (QED) is 0.804. The zero-order valence-electron chi connectivity index (χ0n) is 15.0. The van der Waals surface area contributed by atoms with Crippen molar-refractivity contribution >= 4 is 15.7 Å². The van der Waals surface area contributed by atoms with Crippen LogP contribution in [0.25, 0.3) is 0 Å². The maximum atomic E-state index is 13.5. The summed E-state index contributed by atoms with van der Waals surface area (Å²) in [4.78, 5) is 2.23. The fourth-order valence-electron chi connectivity index (χ4n) is 3.89. The number of halogens is 2. The average Bonchev–Trinajstić information content (AvgIpc) is 2.70. The van der Waals surface area contributed by atoms with Gasteiger partial charge in [0.1, 0.15) is 0 Å². The van der Waals surface area contributed by atoms with Crippen LogP contribution in [0.4, 0.5) is 14.5 Å². The second kappa shape index (κ2) is 7.20. The Balaban J connectivity index is 1.49. The molecule has 4 nitrogen and oxygen atoms in total. The van der Waals surface area contributed by atoms with E-state index < -0.39 is 21.7 Å². The van der Waals surface area contributed by atoms with Crippen molar-refractivity contribution in [1.29, 1.82) is 0 Å². The molecule has 0 aromatic heterocycles. The molecule has 1 heterocycles. The number of anilines is 1. The van der Waals surface area contributed by atoms with Gasteiger partial charge in [0.15, 0.2) is 11.6 Å². The molecule has 0 atom stereocenters. The molecule has 1 saturated heterocycles. The van der Waals surface area contributed by atoms with Gasteiger partial charge in [0.2, 0.25) is 10.0 Å². The SMILES string of the molecule is O=S(=O)(c1ccc2c(c1)CCCC2)N1CCN(c2ccc(F)c(F)c2)CC1. The van der Waals surface area contributed by atoms with Gasteiger partial charge in [0.25, 0.3) is 0 Å². The number of piperazine rings is 1. The minimum atomic E-state index is -3.54. The van der Waals surface area contributed by atoms with Crippen LogP contribution < -0.4 is 4.90 Å². The van der Waals surface area contributed by atoms with Crippen LogP contribution in [-0.4, -0.2) is 38.9 Å². The molecule has 4 rings (SSSR count). The number of aryl methyl sites for hydroxylation is 2. The molecule has 0 spiro atoms. The number of sulfonamides is 1. The average molecular weight is 392 g/mol. The van der Waals surface area contributed by atoms with Crippen molar-refractivity contribution in [2.45, 2.75) is 30.6 Å². The number of fused-ring (bicyclic) bond motifs is 1. The van der Waals surface area contributed by atoms with Gasteiger partial charge in [-0.05, 0) is 61.1 Å². The molecule has 2 aliphatic rings. The number of rotatable bonds is 3. The van der Waals surface area contributed by atoms with E-state index in [4.69, 9.17) is 0 Å². The van der Waals surface area contributed by atoms with Gasteiger partial charge in [-0.2, -0.15) is 4.31 Å².